The molecule has 0 saturated carbocycles. The summed E-state index contributed by atoms with van der Waals surface area (Å²) >= 11 is 9.20. The lowest BCUT2D eigenvalue weighted by Crippen LogP contribution is -2.23. The van der Waals surface area contributed by atoms with E-state index in [1.165, 1.54) is 0 Å². The average Bonchev–Trinajstić information content (AvgIpc) is 2.49. The molecular formula is C16H26BrClN2O. The predicted octanol–water partition coefficient (Wildman–Crippen LogP) is 4.41. The maximum atomic E-state index is 6.17. The van der Waals surface area contributed by atoms with E-state index in [4.69, 9.17) is 22.1 Å². The van der Waals surface area contributed by atoms with Crippen molar-refractivity contribution in [3.63, 3.8) is 0 Å². The third kappa shape index (κ3) is 6.55. The van der Waals surface area contributed by atoms with Gasteiger partial charge in [0.05, 0.1) is 12.3 Å². The van der Waals surface area contributed by atoms with Crippen LogP contribution in [0.2, 0.25) is 0 Å². The van der Waals surface area contributed by atoms with Gasteiger partial charge in [0.1, 0.15) is 0 Å². The van der Waals surface area contributed by atoms with E-state index >= 15 is 0 Å². The van der Waals surface area contributed by atoms with E-state index in [1.54, 1.807) is 0 Å². The Kier molecular flexibility index (Phi) is 9.32. The maximum Gasteiger partial charge on any atom is 0.0717 e. The summed E-state index contributed by atoms with van der Waals surface area (Å²) in [5, 5.41) is 0. The number of unbranched alkanes of at least 4 members (excludes halogenated alkanes) is 1. The monoisotopic (exact) mass is 376 g/mol. The molecule has 1 aromatic rings. The normalized spacial score (nSPS) is 11.3. The first-order valence-electron chi connectivity index (χ1n) is 7.55. The van der Waals surface area contributed by atoms with Crippen molar-refractivity contribution in [3.8, 4) is 0 Å². The molecule has 0 radical (unpaired) electrons. The highest BCUT2D eigenvalue weighted by Gasteiger charge is 2.09. The molecular weight excluding hydrogens is 352 g/mol. The van der Waals surface area contributed by atoms with Crippen molar-refractivity contribution < 1.29 is 4.74 Å². The van der Waals surface area contributed by atoms with Gasteiger partial charge in [0.2, 0.25) is 0 Å². The zero-order valence-electron chi connectivity index (χ0n) is 13.0. The second-order valence-corrected chi connectivity index (χ2v) is 6.29. The molecule has 0 aliphatic heterocycles. The first kappa shape index (κ1) is 18.8. The number of hydrogen-bond acceptors (Lipinski definition) is 3. The minimum Gasteiger partial charge on any atom is -0.398 e. The molecule has 0 saturated heterocycles. The number of nitrogen functional groups attached to an aromatic ring is 1. The first-order valence-corrected chi connectivity index (χ1v) is 8.87. The summed E-state index contributed by atoms with van der Waals surface area (Å²) in [6, 6.07) is 4.20. The molecule has 120 valence electrons. The van der Waals surface area contributed by atoms with Gasteiger partial charge in [-0.25, -0.2) is 0 Å². The highest BCUT2D eigenvalue weighted by atomic mass is 79.9. The second kappa shape index (κ2) is 10.4. The first-order chi connectivity index (χ1) is 10.1. The number of nitrogens with two attached hydrogens (primary N) is 1. The summed E-state index contributed by atoms with van der Waals surface area (Å²) < 4.78 is 6.65. The van der Waals surface area contributed by atoms with Crippen LogP contribution in [0.15, 0.2) is 16.6 Å². The van der Waals surface area contributed by atoms with Gasteiger partial charge in [-0.15, -0.1) is 11.6 Å². The van der Waals surface area contributed by atoms with Crippen LogP contribution < -0.4 is 5.73 Å². The zero-order valence-corrected chi connectivity index (χ0v) is 15.3. The number of anilines is 1. The molecule has 1 rings (SSSR count). The molecule has 0 amide bonds. The van der Waals surface area contributed by atoms with E-state index in [0.717, 1.165) is 60.4 Å². The fourth-order valence-corrected chi connectivity index (χ4v) is 2.87. The van der Waals surface area contributed by atoms with Crippen molar-refractivity contribution in [2.75, 3.05) is 31.3 Å². The molecule has 0 bridgehead atoms. The molecule has 0 aliphatic rings. The van der Waals surface area contributed by atoms with Crippen LogP contribution in [0.3, 0.4) is 0 Å². The van der Waals surface area contributed by atoms with Crippen LogP contribution in [0.1, 0.15) is 37.8 Å². The van der Waals surface area contributed by atoms with Gasteiger partial charge in [0.25, 0.3) is 0 Å². The van der Waals surface area contributed by atoms with Crippen LogP contribution in [-0.2, 0) is 17.9 Å². The Morgan fingerprint density at radius 3 is 2.57 bits per heavy atom. The standard InChI is InChI=1S/C16H26BrClN2O/c1-3-20(4-2)11-14-9-13(10-15(17)16(14)19)12-21-8-6-5-7-18/h9-10H,3-8,11-12,19H2,1-2H3. The zero-order chi connectivity index (χ0) is 15.7. The number of hydrogen-bond donors (Lipinski definition) is 1. The van der Waals surface area contributed by atoms with Gasteiger partial charge < -0.3 is 10.5 Å². The van der Waals surface area contributed by atoms with Crippen molar-refractivity contribution in [1.82, 2.24) is 4.90 Å². The lowest BCUT2D eigenvalue weighted by Gasteiger charge is -2.20. The molecule has 0 fully saturated rings. The fourth-order valence-electron chi connectivity index (χ4n) is 2.13. The molecule has 0 aromatic heterocycles. The Morgan fingerprint density at radius 1 is 1.24 bits per heavy atom. The molecule has 0 aliphatic carbocycles. The summed E-state index contributed by atoms with van der Waals surface area (Å²) in [4.78, 5) is 2.35. The second-order valence-electron chi connectivity index (χ2n) is 5.06. The molecule has 0 atom stereocenters. The largest absolute Gasteiger partial charge is 0.398 e. The van der Waals surface area contributed by atoms with E-state index in [0.29, 0.717) is 12.5 Å². The smallest absolute Gasteiger partial charge is 0.0717 e. The number of halogens is 2. The fraction of sp³-hybridized carbons (Fsp3) is 0.625. The van der Waals surface area contributed by atoms with Gasteiger partial charge in [-0.3, -0.25) is 4.90 Å². The molecule has 0 heterocycles. The van der Waals surface area contributed by atoms with Gasteiger partial charge >= 0.3 is 0 Å². The minimum absolute atomic E-state index is 0.617. The third-order valence-corrected chi connectivity index (χ3v) is 4.43. The molecule has 3 nitrogen and oxygen atoms in total. The summed E-state index contributed by atoms with van der Waals surface area (Å²) in [7, 11) is 0. The number of nitrogens with zero attached hydrogens (tertiary/aromatic N) is 1. The van der Waals surface area contributed by atoms with Crippen LogP contribution in [-0.4, -0.2) is 30.5 Å². The lowest BCUT2D eigenvalue weighted by atomic mass is 10.1. The van der Waals surface area contributed by atoms with Gasteiger partial charge in [-0.1, -0.05) is 19.9 Å². The third-order valence-electron chi connectivity index (χ3n) is 3.50. The van der Waals surface area contributed by atoms with Crippen LogP contribution >= 0.6 is 27.5 Å². The number of ether oxygens (including phenoxy) is 1. The summed E-state index contributed by atoms with van der Waals surface area (Å²) in [5.74, 6) is 0.699. The Balaban J connectivity index is 2.67. The molecule has 1 aromatic carbocycles. The molecule has 0 spiro atoms. The van der Waals surface area contributed by atoms with Crippen molar-refractivity contribution in [1.29, 1.82) is 0 Å². The Hall–Kier alpha value is -0.290. The van der Waals surface area contributed by atoms with E-state index in [9.17, 15) is 0 Å². The van der Waals surface area contributed by atoms with E-state index in [1.807, 2.05) is 6.07 Å². The topological polar surface area (TPSA) is 38.5 Å². The van der Waals surface area contributed by atoms with Gasteiger partial charge in [0.15, 0.2) is 0 Å². The van der Waals surface area contributed by atoms with Gasteiger partial charge in [-0.05, 0) is 59.1 Å². The predicted molar refractivity (Wildman–Crippen MR) is 94.8 cm³/mol. The van der Waals surface area contributed by atoms with Crippen molar-refractivity contribution >= 4 is 33.2 Å². The Morgan fingerprint density at radius 2 is 1.95 bits per heavy atom. The Bertz CT molecular complexity index is 425. The molecule has 2 N–H and O–H groups in total. The van der Waals surface area contributed by atoms with E-state index < -0.39 is 0 Å². The highest BCUT2D eigenvalue weighted by molar-refractivity contribution is 9.10. The van der Waals surface area contributed by atoms with Crippen molar-refractivity contribution in [2.45, 2.75) is 39.8 Å². The summed E-state index contributed by atoms with van der Waals surface area (Å²) in [6.45, 7) is 8.61. The van der Waals surface area contributed by atoms with Crippen molar-refractivity contribution in [3.05, 3.63) is 27.7 Å². The number of alkyl halides is 1. The average molecular weight is 378 g/mol. The molecule has 21 heavy (non-hydrogen) atoms. The lowest BCUT2D eigenvalue weighted by molar-refractivity contribution is 0.118. The molecule has 5 heteroatoms. The van der Waals surface area contributed by atoms with Crippen LogP contribution in [0.25, 0.3) is 0 Å². The molecule has 0 unspecified atom stereocenters. The van der Waals surface area contributed by atoms with Gasteiger partial charge in [0, 0.05) is 23.5 Å². The quantitative estimate of drug-likeness (QED) is 0.373. The summed E-state index contributed by atoms with van der Waals surface area (Å²) in [6.07, 6.45) is 2.01. The minimum atomic E-state index is 0.617. The van der Waals surface area contributed by atoms with Crippen LogP contribution in [0.5, 0.6) is 0 Å². The maximum absolute atomic E-state index is 6.17. The van der Waals surface area contributed by atoms with Crippen LogP contribution in [0, 0.1) is 0 Å². The Labute approximate surface area is 141 Å². The number of rotatable bonds is 10. The van der Waals surface area contributed by atoms with E-state index in [-0.39, 0.29) is 0 Å². The SMILES string of the molecule is CCN(CC)Cc1cc(COCCCCCl)cc(Br)c1N. The number of benzene rings is 1. The van der Waals surface area contributed by atoms with E-state index in [2.05, 4.69) is 40.7 Å². The van der Waals surface area contributed by atoms with Crippen LogP contribution in [0.4, 0.5) is 5.69 Å². The van der Waals surface area contributed by atoms with Crippen molar-refractivity contribution in [2.24, 2.45) is 0 Å². The van der Waals surface area contributed by atoms with Gasteiger partial charge in [-0.2, -0.15) is 0 Å². The highest BCUT2D eigenvalue weighted by Crippen LogP contribution is 2.27. The summed E-state index contributed by atoms with van der Waals surface area (Å²) in [5.41, 5.74) is 9.32.